The third-order valence-electron chi connectivity index (χ3n) is 5.35. The van der Waals surface area contributed by atoms with Gasteiger partial charge in [0.05, 0.1) is 0 Å². The van der Waals surface area contributed by atoms with Gasteiger partial charge in [-0.3, -0.25) is 14.8 Å². The number of ether oxygens (including phenoxy) is 1. The number of aromatic nitrogens is 2. The zero-order valence-corrected chi connectivity index (χ0v) is 16.9. The number of benzene rings is 1. The van der Waals surface area contributed by atoms with Crippen LogP contribution in [0.2, 0.25) is 0 Å². The lowest BCUT2D eigenvalue weighted by molar-refractivity contribution is 0.0204. The smallest absolute Gasteiger partial charge is 0.410 e. The molecular weight excluding hydrogens is 372 g/mol. The number of carbonyl (C=O) groups is 2. The largest absolute Gasteiger partial charge is 0.444 e. The van der Waals surface area contributed by atoms with Crippen molar-refractivity contribution in [1.29, 1.82) is 0 Å². The van der Waals surface area contributed by atoms with E-state index in [1.165, 1.54) is 4.90 Å². The highest BCUT2D eigenvalue weighted by Gasteiger charge is 2.38. The molecule has 1 aromatic heterocycles. The van der Waals surface area contributed by atoms with Crippen molar-refractivity contribution in [3.63, 3.8) is 0 Å². The van der Waals surface area contributed by atoms with Crippen LogP contribution in [0.5, 0.6) is 0 Å². The summed E-state index contributed by atoms with van der Waals surface area (Å²) in [7, 11) is 0. The number of hydrogen-bond donors (Lipinski definition) is 2. The van der Waals surface area contributed by atoms with Crippen LogP contribution in [0.15, 0.2) is 30.3 Å². The van der Waals surface area contributed by atoms with E-state index >= 15 is 0 Å². The van der Waals surface area contributed by atoms with Crippen LogP contribution in [-0.4, -0.2) is 50.9 Å². The van der Waals surface area contributed by atoms with Gasteiger partial charge in [0.1, 0.15) is 5.60 Å². The van der Waals surface area contributed by atoms with Gasteiger partial charge in [-0.1, -0.05) is 18.2 Å². The highest BCUT2D eigenvalue weighted by atomic mass is 16.6. The number of likely N-dealkylation sites (tertiary alicyclic amines) is 1. The Balaban J connectivity index is 1.42. The van der Waals surface area contributed by atoms with E-state index in [1.807, 2.05) is 26.8 Å². The molecule has 1 aromatic carbocycles. The summed E-state index contributed by atoms with van der Waals surface area (Å²) in [6, 6.07) is 8.86. The van der Waals surface area contributed by atoms with Gasteiger partial charge in [0.2, 0.25) is 0 Å². The van der Waals surface area contributed by atoms with Crippen molar-refractivity contribution in [2.45, 2.75) is 51.4 Å². The Morgan fingerprint density at radius 3 is 2.59 bits per heavy atom. The molecular formula is C21H26N4O4. The number of amides is 2. The minimum absolute atomic E-state index is 0.201. The highest BCUT2D eigenvalue weighted by molar-refractivity contribution is 6.10. The fraction of sp³-hybridized carbons (Fsp3) is 0.476. The number of nitrogens with zero attached hydrogens (tertiary/aromatic N) is 3. The second kappa shape index (κ2) is 7.18. The molecule has 29 heavy (non-hydrogen) atoms. The van der Waals surface area contributed by atoms with E-state index in [0.717, 1.165) is 18.5 Å². The summed E-state index contributed by atoms with van der Waals surface area (Å²) < 4.78 is 5.44. The topological polar surface area (TPSA) is 98.8 Å². The minimum atomic E-state index is -1.04. The van der Waals surface area contributed by atoms with Crippen LogP contribution in [0.3, 0.4) is 0 Å². The number of aliphatic hydroxyl groups excluding tert-OH is 1. The predicted molar refractivity (Wildman–Crippen MR) is 107 cm³/mol. The summed E-state index contributed by atoms with van der Waals surface area (Å²) in [6.45, 7) is 6.78. The first-order valence-electron chi connectivity index (χ1n) is 9.88. The first kappa shape index (κ1) is 19.4. The van der Waals surface area contributed by atoms with E-state index in [-0.39, 0.29) is 17.9 Å². The zero-order chi connectivity index (χ0) is 20.8. The third-order valence-corrected chi connectivity index (χ3v) is 5.35. The lowest BCUT2D eigenvalue weighted by atomic mass is 9.94. The van der Waals surface area contributed by atoms with Crippen molar-refractivity contribution in [2.24, 2.45) is 0 Å². The van der Waals surface area contributed by atoms with E-state index < -0.39 is 11.8 Å². The lowest BCUT2D eigenvalue weighted by Gasteiger charge is -2.33. The maximum absolute atomic E-state index is 12.7. The number of piperidine rings is 1. The SMILES string of the molecule is CC(C)(C)OC(=O)N1CCC(c2cc(N3C(=O)c4ccccc4C3O)n[nH]2)CC1. The number of hydrogen-bond acceptors (Lipinski definition) is 5. The van der Waals surface area contributed by atoms with Gasteiger partial charge in [0.15, 0.2) is 12.0 Å². The van der Waals surface area contributed by atoms with Crippen molar-refractivity contribution < 1.29 is 19.4 Å². The molecule has 0 bridgehead atoms. The molecule has 2 aliphatic heterocycles. The van der Waals surface area contributed by atoms with Gasteiger partial charge >= 0.3 is 6.09 Å². The van der Waals surface area contributed by atoms with Crippen molar-refractivity contribution in [3.8, 4) is 0 Å². The molecule has 2 amide bonds. The Morgan fingerprint density at radius 1 is 1.24 bits per heavy atom. The van der Waals surface area contributed by atoms with E-state index in [0.29, 0.717) is 30.0 Å². The van der Waals surface area contributed by atoms with Crippen LogP contribution >= 0.6 is 0 Å². The number of rotatable bonds is 2. The molecule has 3 heterocycles. The van der Waals surface area contributed by atoms with Crippen LogP contribution in [0.25, 0.3) is 0 Å². The molecule has 1 atom stereocenters. The monoisotopic (exact) mass is 398 g/mol. The Morgan fingerprint density at radius 2 is 1.93 bits per heavy atom. The molecule has 2 aliphatic rings. The van der Waals surface area contributed by atoms with Gasteiger partial charge in [0.25, 0.3) is 5.91 Å². The fourth-order valence-electron chi connectivity index (χ4n) is 3.88. The Bertz CT molecular complexity index is 925. The molecule has 1 fully saturated rings. The molecule has 2 aromatic rings. The lowest BCUT2D eigenvalue weighted by Crippen LogP contribution is -2.41. The Labute approximate surface area is 169 Å². The molecule has 154 valence electrons. The van der Waals surface area contributed by atoms with Crippen molar-refractivity contribution in [3.05, 3.63) is 47.2 Å². The van der Waals surface area contributed by atoms with Gasteiger partial charge in [-0.15, -0.1) is 0 Å². The first-order chi connectivity index (χ1) is 13.7. The molecule has 1 unspecified atom stereocenters. The molecule has 0 spiro atoms. The Kier molecular flexibility index (Phi) is 4.82. The van der Waals surface area contributed by atoms with Crippen LogP contribution in [0.4, 0.5) is 10.6 Å². The minimum Gasteiger partial charge on any atom is -0.444 e. The molecule has 8 heteroatoms. The summed E-state index contributed by atoms with van der Waals surface area (Å²) in [4.78, 5) is 27.9. The number of anilines is 1. The van der Waals surface area contributed by atoms with E-state index in [4.69, 9.17) is 4.74 Å². The van der Waals surface area contributed by atoms with Crippen LogP contribution < -0.4 is 4.90 Å². The summed E-state index contributed by atoms with van der Waals surface area (Å²) in [5.74, 6) is 0.348. The molecule has 4 rings (SSSR count). The second-order valence-electron chi connectivity index (χ2n) is 8.56. The number of carbonyl (C=O) groups excluding carboxylic acids is 2. The number of aromatic amines is 1. The average Bonchev–Trinajstić information content (AvgIpc) is 3.25. The number of fused-ring (bicyclic) bond motifs is 1. The van der Waals surface area contributed by atoms with Gasteiger partial charge in [-0.2, -0.15) is 5.10 Å². The molecule has 0 radical (unpaired) electrons. The molecule has 0 saturated carbocycles. The van der Waals surface area contributed by atoms with Crippen LogP contribution in [0, 0.1) is 0 Å². The quantitative estimate of drug-likeness (QED) is 0.810. The number of nitrogens with one attached hydrogen (secondary N) is 1. The van der Waals surface area contributed by atoms with Gasteiger partial charge < -0.3 is 14.7 Å². The highest BCUT2D eigenvalue weighted by Crippen LogP contribution is 2.36. The normalized spacial score (nSPS) is 20.1. The maximum atomic E-state index is 12.7. The third kappa shape index (κ3) is 3.72. The van der Waals surface area contributed by atoms with Crippen molar-refractivity contribution in [1.82, 2.24) is 15.1 Å². The summed E-state index contributed by atoms with van der Waals surface area (Å²) >= 11 is 0. The van der Waals surface area contributed by atoms with Gasteiger partial charge in [-0.05, 0) is 39.7 Å². The molecule has 1 saturated heterocycles. The van der Waals surface area contributed by atoms with Crippen molar-refractivity contribution >= 4 is 17.8 Å². The van der Waals surface area contributed by atoms with Crippen molar-refractivity contribution in [2.75, 3.05) is 18.0 Å². The van der Waals surface area contributed by atoms with Gasteiger partial charge in [0, 0.05) is 41.9 Å². The Hall–Kier alpha value is -2.87. The number of aliphatic hydroxyl groups is 1. The first-order valence-corrected chi connectivity index (χ1v) is 9.88. The van der Waals surface area contributed by atoms with E-state index in [1.54, 1.807) is 29.2 Å². The number of H-pyrrole nitrogens is 1. The molecule has 2 N–H and O–H groups in total. The second-order valence-corrected chi connectivity index (χ2v) is 8.56. The average molecular weight is 398 g/mol. The molecule has 0 aliphatic carbocycles. The zero-order valence-electron chi connectivity index (χ0n) is 16.9. The maximum Gasteiger partial charge on any atom is 0.410 e. The fourth-order valence-corrected chi connectivity index (χ4v) is 3.88. The van der Waals surface area contributed by atoms with E-state index in [9.17, 15) is 14.7 Å². The predicted octanol–water partition coefficient (Wildman–Crippen LogP) is 3.18. The van der Waals surface area contributed by atoms with Crippen LogP contribution in [0.1, 0.15) is 67.4 Å². The summed E-state index contributed by atoms with van der Waals surface area (Å²) in [5, 5.41) is 17.9. The van der Waals surface area contributed by atoms with E-state index in [2.05, 4.69) is 10.2 Å². The summed E-state index contributed by atoms with van der Waals surface area (Å²) in [6.07, 6.45) is 0.225. The van der Waals surface area contributed by atoms with Crippen LogP contribution in [-0.2, 0) is 4.74 Å². The summed E-state index contributed by atoms with van der Waals surface area (Å²) in [5.41, 5.74) is 1.48. The standard InChI is InChI=1S/C21H26N4O4/c1-21(2,3)29-20(28)24-10-8-13(9-11-24)16-12-17(23-22-16)25-18(26)14-6-4-5-7-15(14)19(25)27/h4-7,12-13,18,26H,8-11H2,1-3H3,(H,22,23). The van der Waals surface area contributed by atoms with Gasteiger partial charge in [-0.25, -0.2) is 4.79 Å². The molecule has 8 nitrogen and oxygen atoms in total.